The fourth-order valence-corrected chi connectivity index (χ4v) is 4.29. The maximum Gasteiger partial charge on any atom is 0.317 e. The molecule has 4 heteroatoms. The summed E-state index contributed by atoms with van der Waals surface area (Å²) in [6.45, 7) is 12.1. The van der Waals surface area contributed by atoms with Crippen molar-refractivity contribution >= 4 is 6.03 Å². The van der Waals surface area contributed by atoms with E-state index in [0.29, 0.717) is 6.61 Å². The number of carbonyl (C=O) groups is 1. The molecule has 1 aromatic rings. The topological polar surface area (TPSA) is 41.6 Å². The standard InChI is InChI=1S/C21H30N2O2/c1-5-12-25-19-14-21(18-7-6-16(4)13-17(18)19)8-10-23(11-9-21)20(24)22-15(2)3/h5-7,13,15,19H,1,8-12,14H2,2-4H3,(H,22,24)/t19-/m1/s1. The van der Waals surface area contributed by atoms with Crippen molar-refractivity contribution in [2.24, 2.45) is 0 Å². The van der Waals surface area contributed by atoms with E-state index in [0.717, 1.165) is 32.4 Å². The molecule has 1 fully saturated rings. The number of hydrogen-bond donors (Lipinski definition) is 1. The van der Waals surface area contributed by atoms with Crippen molar-refractivity contribution in [3.63, 3.8) is 0 Å². The highest BCUT2D eigenvalue weighted by atomic mass is 16.5. The SMILES string of the molecule is C=CCO[C@@H]1CC2(CCN(C(=O)NC(C)C)CC2)c2ccc(C)cc21. The molecule has 0 bridgehead atoms. The second kappa shape index (κ2) is 7.20. The lowest BCUT2D eigenvalue weighted by atomic mass is 9.73. The first-order valence-corrected chi connectivity index (χ1v) is 9.34. The molecule has 1 aliphatic heterocycles. The van der Waals surface area contributed by atoms with E-state index in [9.17, 15) is 4.79 Å². The van der Waals surface area contributed by atoms with E-state index in [4.69, 9.17) is 4.74 Å². The monoisotopic (exact) mass is 342 g/mol. The van der Waals surface area contributed by atoms with E-state index in [-0.39, 0.29) is 23.6 Å². The minimum Gasteiger partial charge on any atom is -0.369 e. The van der Waals surface area contributed by atoms with Crippen molar-refractivity contribution in [1.29, 1.82) is 0 Å². The fourth-order valence-electron chi connectivity index (χ4n) is 4.29. The van der Waals surface area contributed by atoms with Gasteiger partial charge in [-0.2, -0.15) is 0 Å². The van der Waals surface area contributed by atoms with Gasteiger partial charge in [0.25, 0.3) is 0 Å². The molecule has 136 valence electrons. The Morgan fingerprint density at radius 3 is 2.80 bits per heavy atom. The number of piperidine rings is 1. The summed E-state index contributed by atoms with van der Waals surface area (Å²) in [5, 5.41) is 3.01. The van der Waals surface area contributed by atoms with Crippen LogP contribution in [-0.2, 0) is 10.2 Å². The highest BCUT2D eigenvalue weighted by molar-refractivity contribution is 5.74. The van der Waals surface area contributed by atoms with Gasteiger partial charge < -0.3 is 15.0 Å². The number of benzene rings is 1. The predicted molar refractivity (Wildman–Crippen MR) is 101 cm³/mol. The maximum atomic E-state index is 12.3. The van der Waals surface area contributed by atoms with Gasteiger partial charge in [-0.1, -0.05) is 29.8 Å². The van der Waals surface area contributed by atoms with Gasteiger partial charge in [0.05, 0.1) is 12.7 Å². The number of ether oxygens (including phenoxy) is 1. The molecule has 3 rings (SSSR count). The first-order valence-electron chi connectivity index (χ1n) is 9.34. The van der Waals surface area contributed by atoms with Crippen molar-refractivity contribution in [3.8, 4) is 0 Å². The van der Waals surface area contributed by atoms with E-state index in [1.54, 1.807) is 0 Å². The highest BCUT2D eigenvalue weighted by Crippen LogP contribution is 2.52. The van der Waals surface area contributed by atoms with Crippen LogP contribution in [0.2, 0.25) is 0 Å². The number of rotatable bonds is 4. The Morgan fingerprint density at radius 1 is 1.44 bits per heavy atom. The third kappa shape index (κ3) is 3.59. The Hall–Kier alpha value is -1.81. The second-order valence-electron chi connectivity index (χ2n) is 7.78. The molecule has 1 heterocycles. The maximum absolute atomic E-state index is 12.3. The van der Waals surface area contributed by atoms with Crippen molar-refractivity contribution in [1.82, 2.24) is 10.2 Å². The van der Waals surface area contributed by atoms with Crippen LogP contribution in [0.4, 0.5) is 4.79 Å². The zero-order valence-corrected chi connectivity index (χ0v) is 15.7. The van der Waals surface area contributed by atoms with E-state index < -0.39 is 0 Å². The lowest BCUT2D eigenvalue weighted by Gasteiger charge is -2.40. The van der Waals surface area contributed by atoms with Crippen LogP contribution in [0.1, 0.15) is 55.9 Å². The van der Waals surface area contributed by atoms with Gasteiger partial charge in [0, 0.05) is 24.5 Å². The molecule has 1 spiro atoms. The number of urea groups is 1. The van der Waals surface area contributed by atoms with Gasteiger partial charge >= 0.3 is 6.03 Å². The van der Waals surface area contributed by atoms with E-state index in [2.05, 4.69) is 37.0 Å². The molecule has 0 radical (unpaired) electrons. The van der Waals surface area contributed by atoms with Crippen molar-refractivity contribution < 1.29 is 9.53 Å². The number of likely N-dealkylation sites (tertiary alicyclic amines) is 1. The van der Waals surface area contributed by atoms with Gasteiger partial charge in [0.15, 0.2) is 0 Å². The van der Waals surface area contributed by atoms with Gasteiger partial charge in [-0.05, 0) is 51.2 Å². The molecule has 4 nitrogen and oxygen atoms in total. The quantitative estimate of drug-likeness (QED) is 0.837. The normalized spacial score (nSPS) is 21.4. The second-order valence-corrected chi connectivity index (χ2v) is 7.78. The Labute approximate surface area is 151 Å². The summed E-state index contributed by atoms with van der Waals surface area (Å²) in [7, 11) is 0. The van der Waals surface area contributed by atoms with Gasteiger partial charge in [-0.25, -0.2) is 4.79 Å². The average molecular weight is 342 g/mol. The van der Waals surface area contributed by atoms with Crippen LogP contribution in [0, 0.1) is 6.92 Å². The number of carbonyl (C=O) groups excluding carboxylic acids is 1. The fraction of sp³-hybridized carbons (Fsp3) is 0.571. The first-order chi connectivity index (χ1) is 11.9. The zero-order valence-electron chi connectivity index (χ0n) is 15.7. The Morgan fingerprint density at radius 2 is 2.16 bits per heavy atom. The van der Waals surface area contributed by atoms with Gasteiger partial charge in [-0.3, -0.25) is 0 Å². The number of hydrogen-bond acceptors (Lipinski definition) is 2. The Balaban J connectivity index is 1.77. The van der Waals surface area contributed by atoms with Crippen LogP contribution in [-0.4, -0.2) is 36.7 Å². The Kier molecular flexibility index (Phi) is 5.19. The van der Waals surface area contributed by atoms with Crippen LogP contribution in [0.5, 0.6) is 0 Å². The number of aryl methyl sites for hydroxylation is 1. The predicted octanol–water partition coefficient (Wildman–Crippen LogP) is 4.09. The summed E-state index contributed by atoms with van der Waals surface area (Å²) < 4.78 is 6.08. The minimum atomic E-state index is 0.0615. The van der Waals surface area contributed by atoms with Gasteiger partial charge in [0.1, 0.15) is 0 Å². The van der Waals surface area contributed by atoms with E-state index in [1.807, 2.05) is 24.8 Å². The summed E-state index contributed by atoms with van der Waals surface area (Å²) in [4.78, 5) is 14.2. The minimum absolute atomic E-state index is 0.0615. The number of fused-ring (bicyclic) bond motifs is 2. The molecule has 2 amide bonds. The molecule has 1 aliphatic carbocycles. The number of amides is 2. The molecule has 0 aromatic heterocycles. The molecule has 1 N–H and O–H groups in total. The van der Waals surface area contributed by atoms with Crippen LogP contribution < -0.4 is 5.32 Å². The summed E-state index contributed by atoms with van der Waals surface area (Å²) in [6, 6.07) is 7.00. The van der Waals surface area contributed by atoms with Gasteiger partial charge in [0.2, 0.25) is 0 Å². The van der Waals surface area contributed by atoms with Gasteiger partial charge in [-0.15, -0.1) is 6.58 Å². The van der Waals surface area contributed by atoms with E-state index in [1.165, 1.54) is 16.7 Å². The van der Waals surface area contributed by atoms with Crippen LogP contribution in [0.3, 0.4) is 0 Å². The summed E-state index contributed by atoms with van der Waals surface area (Å²) >= 11 is 0. The number of nitrogens with one attached hydrogen (secondary N) is 1. The molecule has 25 heavy (non-hydrogen) atoms. The molecule has 0 saturated carbocycles. The molecule has 0 unspecified atom stereocenters. The van der Waals surface area contributed by atoms with Crippen molar-refractivity contribution in [3.05, 3.63) is 47.5 Å². The van der Waals surface area contributed by atoms with Crippen LogP contribution >= 0.6 is 0 Å². The molecule has 1 aromatic carbocycles. The molecule has 1 saturated heterocycles. The lowest BCUT2D eigenvalue weighted by Crippen LogP contribution is -2.49. The Bertz CT molecular complexity index is 645. The molecular weight excluding hydrogens is 312 g/mol. The third-order valence-corrected chi connectivity index (χ3v) is 5.54. The summed E-state index contributed by atoms with van der Waals surface area (Å²) in [5.74, 6) is 0. The first kappa shape index (κ1) is 18.0. The average Bonchev–Trinajstić information content (AvgIpc) is 2.86. The van der Waals surface area contributed by atoms with Crippen molar-refractivity contribution in [2.45, 2.75) is 57.6 Å². The zero-order chi connectivity index (χ0) is 18.0. The highest BCUT2D eigenvalue weighted by Gasteiger charge is 2.46. The molecule has 2 aliphatic rings. The smallest absolute Gasteiger partial charge is 0.317 e. The molecular formula is C21H30N2O2. The largest absolute Gasteiger partial charge is 0.369 e. The van der Waals surface area contributed by atoms with Crippen molar-refractivity contribution in [2.75, 3.05) is 19.7 Å². The third-order valence-electron chi connectivity index (χ3n) is 5.54. The summed E-state index contributed by atoms with van der Waals surface area (Å²) in [6.07, 6.45) is 4.98. The summed E-state index contributed by atoms with van der Waals surface area (Å²) in [5.41, 5.74) is 4.18. The lowest BCUT2D eigenvalue weighted by molar-refractivity contribution is 0.0519. The van der Waals surface area contributed by atoms with Crippen LogP contribution in [0.25, 0.3) is 0 Å². The molecule has 1 atom stereocenters. The van der Waals surface area contributed by atoms with E-state index >= 15 is 0 Å². The van der Waals surface area contributed by atoms with Crippen LogP contribution in [0.15, 0.2) is 30.9 Å². The number of nitrogens with zero attached hydrogens (tertiary/aromatic N) is 1.